The molecule has 0 N–H and O–H groups in total. The minimum absolute atomic E-state index is 0.00661. The predicted octanol–water partition coefficient (Wildman–Crippen LogP) is 1.85. The van der Waals surface area contributed by atoms with Crippen LogP contribution >= 0.6 is 0 Å². The first-order valence-corrected chi connectivity index (χ1v) is 11.6. The molecule has 1 saturated carbocycles. The van der Waals surface area contributed by atoms with Crippen LogP contribution in [-0.4, -0.2) is 60.5 Å². The third kappa shape index (κ3) is 4.04. The van der Waals surface area contributed by atoms with E-state index in [0.29, 0.717) is 37.4 Å². The van der Waals surface area contributed by atoms with Crippen molar-refractivity contribution >= 4 is 15.9 Å². The number of hydrogen-bond donors (Lipinski definition) is 0. The molecular formula is C21H26N4O4S. The van der Waals surface area contributed by atoms with Crippen LogP contribution in [0.15, 0.2) is 46.1 Å². The van der Waals surface area contributed by atoms with Crippen molar-refractivity contribution in [3.63, 3.8) is 0 Å². The van der Waals surface area contributed by atoms with Crippen molar-refractivity contribution in [1.82, 2.24) is 19.0 Å². The summed E-state index contributed by atoms with van der Waals surface area (Å²) in [6, 6.07) is 9.44. The van der Waals surface area contributed by atoms with Gasteiger partial charge in [0.2, 0.25) is 10.0 Å². The molecule has 4 rings (SSSR count). The Morgan fingerprint density at radius 2 is 1.63 bits per heavy atom. The average molecular weight is 431 g/mol. The van der Waals surface area contributed by atoms with Crippen LogP contribution in [0.5, 0.6) is 0 Å². The van der Waals surface area contributed by atoms with Crippen molar-refractivity contribution in [3.05, 3.63) is 58.0 Å². The van der Waals surface area contributed by atoms with E-state index in [9.17, 15) is 18.0 Å². The zero-order chi connectivity index (χ0) is 21.5. The Morgan fingerprint density at radius 1 is 1.00 bits per heavy atom. The van der Waals surface area contributed by atoms with Crippen LogP contribution in [0.3, 0.4) is 0 Å². The van der Waals surface area contributed by atoms with Gasteiger partial charge in [0.05, 0.1) is 16.6 Å². The van der Waals surface area contributed by atoms with Gasteiger partial charge in [-0.3, -0.25) is 9.59 Å². The second-order valence-corrected chi connectivity index (χ2v) is 10.3. The molecule has 2 heterocycles. The molecule has 160 valence electrons. The van der Waals surface area contributed by atoms with E-state index < -0.39 is 10.0 Å². The van der Waals surface area contributed by atoms with E-state index in [1.165, 1.54) is 26.2 Å². The summed E-state index contributed by atoms with van der Waals surface area (Å²) in [5, 5.41) is 4.57. The van der Waals surface area contributed by atoms with Gasteiger partial charge in [0.25, 0.3) is 11.5 Å². The van der Waals surface area contributed by atoms with Gasteiger partial charge in [-0.2, -0.15) is 5.10 Å². The molecule has 1 aliphatic carbocycles. The molecule has 0 radical (unpaired) electrons. The van der Waals surface area contributed by atoms with E-state index >= 15 is 0 Å². The molecule has 0 spiro atoms. The molecule has 30 heavy (non-hydrogen) atoms. The third-order valence-electron chi connectivity index (χ3n) is 5.82. The fourth-order valence-electron chi connectivity index (χ4n) is 3.77. The molecule has 0 bridgehead atoms. The lowest BCUT2D eigenvalue weighted by atomic mass is 10.0. The van der Waals surface area contributed by atoms with Gasteiger partial charge in [-0.05, 0) is 56.0 Å². The van der Waals surface area contributed by atoms with Gasteiger partial charge in [0.1, 0.15) is 0 Å². The van der Waals surface area contributed by atoms with Crippen molar-refractivity contribution in [3.8, 4) is 0 Å². The lowest BCUT2D eigenvalue weighted by Gasteiger charge is -2.32. The highest BCUT2D eigenvalue weighted by atomic mass is 32.2. The molecule has 1 saturated heterocycles. The second kappa shape index (κ2) is 7.96. The fourth-order valence-corrected chi connectivity index (χ4v) is 4.68. The minimum Gasteiger partial charge on any atom is -0.338 e. The van der Waals surface area contributed by atoms with Gasteiger partial charge < -0.3 is 4.90 Å². The Bertz CT molecular complexity index is 1100. The summed E-state index contributed by atoms with van der Waals surface area (Å²) in [5.74, 6) is 0.354. The van der Waals surface area contributed by atoms with Crippen LogP contribution in [0, 0.1) is 0 Å². The Labute approximate surface area is 176 Å². The Balaban J connectivity index is 1.42. The number of likely N-dealkylation sites (tertiary alicyclic amines) is 1. The third-order valence-corrected chi connectivity index (χ3v) is 7.65. The van der Waals surface area contributed by atoms with Gasteiger partial charge in [-0.25, -0.2) is 17.4 Å². The molecule has 0 atom stereocenters. The van der Waals surface area contributed by atoms with Crippen LogP contribution in [0.1, 0.15) is 53.7 Å². The van der Waals surface area contributed by atoms with E-state index in [1.54, 1.807) is 27.8 Å². The Kier molecular flexibility index (Phi) is 5.50. The van der Waals surface area contributed by atoms with Crippen molar-refractivity contribution < 1.29 is 13.2 Å². The topological polar surface area (TPSA) is 92.6 Å². The number of benzene rings is 1. The highest BCUT2D eigenvalue weighted by Gasteiger charge is 2.29. The van der Waals surface area contributed by atoms with Gasteiger partial charge in [-0.15, -0.1) is 0 Å². The number of carbonyl (C=O) groups excluding carboxylic acids is 1. The fraction of sp³-hybridized carbons (Fsp3) is 0.476. The molecule has 2 fully saturated rings. The number of carbonyl (C=O) groups is 1. The molecule has 2 aliphatic rings. The highest BCUT2D eigenvalue weighted by molar-refractivity contribution is 7.89. The summed E-state index contributed by atoms with van der Waals surface area (Å²) in [7, 11) is -0.580. The SMILES string of the molecule is CN(C)S(=O)(=O)c1ccc(C(=O)N2CCC(n3nc(C4CC4)ccc3=O)CC2)cc1. The quantitative estimate of drug-likeness (QED) is 0.722. The summed E-state index contributed by atoms with van der Waals surface area (Å²) >= 11 is 0. The van der Waals surface area contributed by atoms with Crippen LogP contribution in [-0.2, 0) is 10.0 Å². The maximum absolute atomic E-state index is 12.8. The first-order valence-electron chi connectivity index (χ1n) is 10.2. The summed E-state index contributed by atoms with van der Waals surface area (Å²) in [6.07, 6.45) is 3.60. The summed E-state index contributed by atoms with van der Waals surface area (Å²) in [5.41, 5.74) is 1.35. The van der Waals surface area contributed by atoms with Crippen molar-refractivity contribution in [2.24, 2.45) is 0 Å². The van der Waals surface area contributed by atoms with Crippen LogP contribution < -0.4 is 5.56 Å². The van der Waals surface area contributed by atoms with Crippen molar-refractivity contribution in [2.45, 2.75) is 42.5 Å². The van der Waals surface area contributed by atoms with Gasteiger partial charge in [-0.1, -0.05) is 0 Å². The Hall–Kier alpha value is -2.52. The van der Waals surface area contributed by atoms with Gasteiger partial charge in [0.15, 0.2) is 0 Å². The number of amides is 1. The number of rotatable bonds is 5. The second-order valence-electron chi connectivity index (χ2n) is 8.15. The van der Waals surface area contributed by atoms with Crippen LogP contribution in [0.4, 0.5) is 0 Å². The maximum Gasteiger partial charge on any atom is 0.267 e. The number of nitrogens with zero attached hydrogens (tertiary/aromatic N) is 4. The molecule has 2 aromatic rings. The standard InChI is InChI=1S/C21H26N4O4S/c1-23(2)30(28,29)18-7-5-16(6-8-18)21(27)24-13-11-17(12-14-24)25-20(26)10-9-19(22-25)15-3-4-15/h5-10,15,17H,3-4,11-14H2,1-2H3. The molecule has 1 aromatic heterocycles. The van der Waals surface area contributed by atoms with E-state index in [4.69, 9.17) is 0 Å². The van der Waals surface area contributed by atoms with E-state index in [0.717, 1.165) is 22.8 Å². The highest BCUT2D eigenvalue weighted by Crippen LogP contribution is 2.38. The average Bonchev–Trinajstić information content (AvgIpc) is 3.59. The molecule has 1 aromatic carbocycles. The van der Waals surface area contributed by atoms with Crippen molar-refractivity contribution in [1.29, 1.82) is 0 Å². The number of sulfonamides is 1. The molecule has 1 amide bonds. The monoisotopic (exact) mass is 430 g/mol. The lowest BCUT2D eigenvalue weighted by molar-refractivity contribution is 0.0687. The molecule has 9 heteroatoms. The zero-order valence-corrected chi connectivity index (χ0v) is 18.0. The summed E-state index contributed by atoms with van der Waals surface area (Å²) in [4.78, 5) is 27.0. The van der Waals surface area contributed by atoms with Gasteiger partial charge >= 0.3 is 0 Å². The molecule has 1 aliphatic heterocycles. The van der Waals surface area contributed by atoms with E-state index in [1.807, 2.05) is 6.07 Å². The van der Waals surface area contributed by atoms with E-state index in [-0.39, 0.29) is 22.4 Å². The molecular weight excluding hydrogens is 404 g/mol. The lowest BCUT2D eigenvalue weighted by Crippen LogP contribution is -2.41. The van der Waals surface area contributed by atoms with Crippen LogP contribution in [0.2, 0.25) is 0 Å². The molecule has 8 nitrogen and oxygen atoms in total. The smallest absolute Gasteiger partial charge is 0.267 e. The summed E-state index contributed by atoms with van der Waals surface area (Å²) in [6.45, 7) is 1.06. The predicted molar refractivity (Wildman–Crippen MR) is 112 cm³/mol. The normalized spacial score (nSPS) is 18.0. The minimum atomic E-state index is -3.52. The van der Waals surface area contributed by atoms with Gasteiger partial charge in [0, 0.05) is 44.7 Å². The van der Waals surface area contributed by atoms with Crippen LogP contribution in [0.25, 0.3) is 0 Å². The van der Waals surface area contributed by atoms with Crippen molar-refractivity contribution in [2.75, 3.05) is 27.2 Å². The van der Waals surface area contributed by atoms with E-state index in [2.05, 4.69) is 5.10 Å². The maximum atomic E-state index is 12.8. The first kappa shape index (κ1) is 20.7. The Morgan fingerprint density at radius 3 is 2.20 bits per heavy atom. The largest absolute Gasteiger partial charge is 0.338 e. The first-order chi connectivity index (χ1) is 14.3. The number of aromatic nitrogens is 2. The zero-order valence-electron chi connectivity index (χ0n) is 17.2. The molecule has 0 unspecified atom stereocenters. The number of hydrogen-bond acceptors (Lipinski definition) is 5. The number of piperidine rings is 1. The summed E-state index contributed by atoms with van der Waals surface area (Å²) < 4.78 is 27.1.